The first-order valence-corrected chi connectivity index (χ1v) is 0. The summed E-state index contributed by atoms with van der Waals surface area (Å²) >= 11 is 0. The fourth-order valence-electron chi connectivity index (χ4n) is 0. The summed E-state index contributed by atoms with van der Waals surface area (Å²) in [6.45, 7) is 0. The van der Waals surface area contributed by atoms with E-state index < -0.39 is 0 Å². The van der Waals surface area contributed by atoms with Gasteiger partial charge < -0.3 is 0 Å². The molecule has 0 spiro atoms. The van der Waals surface area contributed by atoms with E-state index in [9.17, 15) is 0 Å². The number of hydrogen-bond acceptors (Lipinski definition) is 0. The molecule has 0 rings (SSSR count). The summed E-state index contributed by atoms with van der Waals surface area (Å²) in [5.41, 5.74) is 0. The average molecular weight is 603 g/mol. The van der Waals surface area contributed by atoms with E-state index in [1.165, 1.54) is 0 Å². The molecule has 0 bridgehead atoms. The zero-order valence-electron chi connectivity index (χ0n) is 2.40. The molecule has 5 heteroatoms. The Labute approximate surface area is 105 Å². The molecule has 42 valence electrons. The quantitative estimate of drug-likeness (QED) is 0.279. The Balaban J connectivity index is 0. The average Bonchev–Trinajstić information content (AvgIpc) is 0. The maximum absolute atomic E-state index is 0. The van der Waals surface area contributed by atoms with Crippen LogP contribution >= 0.6 is 0 Å². The van der Waals surface area contributed by atoms with E-state index in [1.54, 1.807) is 0 Å². The van der Waals surface area contributed by atoms with Crippen molar-refractivity contribution in [2.75, 3.05) is 0 Å². The molecule has 0 heterocycles. The Hall–Kier alpha value is 3.49. The van der Waals surface area contributed by atoms with Crippen LogP contribution in [0.5, 0.6) is 0 Å². The Bertz CT molecular complexity index is 11.6. The molecule has 0 saturated heterocycles. The first-order valence-electron chi connectivity index (χ1n) is 0. The predicted octanol–water partition coefficient (Wildman–Crippen LogP) is -2.11. The Morgan fingerprint density at radius 3 is 1.00 bits per heavy atom. The van der Waals surface area contributed by atoms with Crippen molar-refractivity contribution >= 4 is 48.3 Å². The minimum atomic E-state index is 0. The van der Waals surface area contributed by atoms with E-state index in [4.69, 9.17) is 0 Å². The molecule has 0 unspecified atom stereocenters. The van der Waals surface area contributed by atoms with Crippen molar-refractivity contribution in [2.45, 2.75) is 0 Å². The van der Waals surface area contributed by atoms with Gasteiger partial charge in [-0.25, -0.2) is 0 Å². The third-order valence-electron chi connectivity index (χ3n) is 0. The van der Waals surface area contributed by atoms with Crippen LogP contribution < -0.4 is 0 Å². The van der Waals surface area contributed by atoms with Gasteiger partial charge in [-0.2, -0.15) is 0 Å². The third-order valence-corrected chi connectivity index (χ3v) is 0. The summed E-state index contributed by atoms with van der Waals surface area (Å²) in [6, 6.07) is 0. The molecule has 0 aliphatic heterocycles. The summed E-state index contributed by atoms with van der Waals surface area (Å²) in [6.07, 6.45) is 0. The fourth-order valence-corrected chi connectivity index (χ4v) is 0. The summed E-state index contributed by atoms with van der Waals surface area (Å²) in [5.74, 6) is 0. The molecule has 0 N–H and O–H groups in total. The van der Waals surface area contributed by atoms with Crippen molar-refractivity contribution in [2.24, 2.45) is 0 Å². The third kappa shape index (κ3) is 18.5. The van der Waals surface area contributed by atoms with Gasteiger partial charge in [0.1, 0.15) is 0 Å². The molecule has 5 heavy (non-hydrogen) atoms. The van der Waals surface area contributed by atoms with Crippen molar-refractivity contribution in [3.05, 3.63) is 0 Å². The van der Waals surface area contributed by atoms with Crippen molar-refractivity contribution in [3.63, 3.8) is 0 Å². The fraction of sp³-hybridized carbons (Fsp3) is 0. The summed E-state index contributed by atoms with van der Waals surface area (Å²) in [7, 11) is 0. The number of rotatable bonds is 0. The van der Waals surface area contributed by atoms with Crippen LogP contribution in [-0.4, -0.2) is 48.3 Å². The second-order valence-corrected chi connectivity index (χ2v) is 0. The molecular weight excluding hydrogens is 598 g/mol. The van der Waals surface area contributed by atoms with Crippen molar-refractivity contribution in [1.29, 1.82) is 0 Å². The van der Waals surface area contributed by atoms with Crippen molar-refractivity contribution in [1.82, 2.24) is 0 Å². The van der Waals surface area contributed by atoms with Crippen LogP contribution in [0.3, 0.4) is 0 Å². The van der Waals surface area contributed by atoms with Crippen LogP contribution in [0.25, 0.3) is 0 Å². The minimum absolute atomic E-state index is 0. The molecular formula is H5FePdPtSbSn. The van der Waals surface area contributed by atoms with Crippen molar-refractivity contribution in [3.8, 4) is 0 Å². The molecule has 0 saturated carbocycles. The topological polar surface area (TPSA) is 0 Å². The van der Waals surface area contributed by atoms with Gasteiger partial charge in [0.15, 0.2) is 0 Å². The van der Waals surface area contributed by atoms with Crippen LogP contribution in [0.15, 0.2) is 0 Å². The molecule has 0 fully saturated rings. The SMILES string of the molecule is [Fe].[Pd].[Pt].[SbH3].[SnH2]. The van der Waals surface area contributed by atoms with Gasteiger partial charge in [0, 0.05) is 58.6 Å². The van der Waals surface area contributed by atoms with Gasteiger partial charge >= 0.3 is 48.3 Å². The summed E-state index contributed by atoms with van der Waals surface area (Å²) < 4.78 is 0. The van der Waals surface area contributed by atoms with E-state index in [0.29, 0.717) is 0 Å². The Morgan fingerprint density at radius 2 is 1.00 bits per heavy atom. The molecule has 0 amide bonds. The summed E-state index contributed by atoms with van der Waals surface area (Å²) in [5, 5.41) is 0. The van der Waals surface area contributed by atoms with E-state index in [1.807, 2.05) is 0 Å². The van der Waals surface area contributed by atoms with Gasteiger partial charge in [0.2, 0.25) is 0 Å². The first-order chi connectivity index (χ1) is 0. The number of hydrogen-bond donors (Lipinski definition) is 0. The second kappa shape index (κ2) is 25.9. The molecule has 0 aromatic rings. The Morgan fingerprint density at radius 1 is 1.00 bits per heavy atom. The van der Waals surface area contributed by atoms with E-state index in [2.05, 4.69) is 0 Å². The summed E-state index contributed by atoms with van der Waals surface area (Å²) in [4.78, 5) is 0. The molecule has 0 aliphatic rings. The normalized spacial score (nSPS) is 0. The zero-order valence-corrected chi connectivity index (χ0v) is 15.4. The van der Waals surface area contributed by atoms with Gasteiger partial charge in [-0.05, 0) is 0 Å². The molecule has 0 aromatic heterocycles. The molecule has 0 aromatic carbocycles. The van der Waals surface area contributed by atoms with Crippen molar-refractivity contribution < 1.29 is 58.6 Å². The standard InChI is InChI=1S/Fe.Pd.Pt.Sb.Sn.5H. The van der Waals surface area contributed by atoms with Crippen LogP contribution in [0, 0.1) is 0 Å². The Kier molecular flexibility index (Phi) is 203. The molecule has 0 nitrogen and oxygen atoms in total. The van der Waals surface area contributed by atoms with E-state index in [-0.39, 0.29) is 107 Å². The van der Waals surface area contributed by atoms with Crippen LogP contribution in [0.4, 0.5) is 0 Å². The van der Waals surface area contributed by atoms with Gasteiger partial charge in [0.25, 0.3) is 0 Å². The van der Waals surface area contributed by atoms with Gasteiger partial charge in [-0.3, -0.25) is 0 Å². The monoisotopic (exact) mass is 603 g/mol. The van der Waals surface area contributed by atoms with E-state index >= 15 is 0 Å². The van der Waals surface area contributed by atoms with E-state index in [0.717, 1.165) is 0 Å². The first kappa shape index (κ1) is 39.1. The van der Waals surface area contributed by atoms with Gasteiger partial charge in [0.05, 0.1) is 0 Å². The molecule has 0 aliphatic carbocycles. The van der Waals surface area contributed by atoms with Crippen LogP contribution in [0.2, 0.25) is 0 Å². The van der Waals surface area contributed by atoms with Gasteiger partial charge in [-0.1, -0.05) is 0 Å². The van der Waals surface area contributed by atoms with Crippen LogP contribution in [0.1, 0.15) is 0 Å². The van der Waals surface area contributed by atoms with Crippen LogP contribution in [-0.2, 0) is 58.6 Å². The molecule has 0 atom stereocenters. The zero-order chi connectivity index (χ0) is 0. The second-order valence-electron chi connectivity index (χ2n) is 0. The predicted molar refractivity (Wildman–Crippen MR) is 18.5 cm³/mol. The maximum atomic E-state index is 0. The molecule has 2 radical (unpaired) electrons. The van der Waals surface area contributed by atoms with Gasteiger partial charge in [-0.15, -0.1) is 0 Å².